The van der Waals surface area contributed by atoms with Crippen molar-refractivity contribution in [3.05, 3.63) is 29.8 Å². The summed E-state index contributed by atoms with van der Waals surface area (Å²) in [4.78, 5) is 0. The van der Waals surface area contributed by atoms with Crippen molar-refractivity contribution in [2.24, 2.45) is 5.92 Å². The third-order valence-corrected chi connectivity index (χ3v) is 3.32. The van der Waals surface area contributed by atoms with Crippen LogP contribution in [0.25, 0.3) is 0 Å². The molecule has 1 N–H and O–H groups in total. The third-order valence-electron chi connectivity index (χ3n) is 3.32. The summed E-state index contributed by atoms with van der Waals surface area (Å²) in [6.45, 7) is 1.16. The van der Waals surface area contributed by atoms with Gasteiger partial charge in [-0.05, 0) is 56.0 Å². The van der Waals surface area contributed by atoms with Crippen LogP contribution in [-0.4, -0.2) is 20.7 Å². The Bertz CT molecular complexity index is 301. The lowest BCUT2D eigenvalue weighted by molar-refractivity contribution is 0.259. The molecule has 1 saturated carbocycles. The van der Waals surface area contributed by atoms with Gasteiger partial charge in [0.25, 0.3) is 0 Å². The lowest BCUT2D eigenvalue weighted by Gasteiger charge is -2.35. The van der Waals surface area contributed by atoms with Crippen LogP contribution in [0, 0.1) is 5.92 Å². The lowest BCUT2D eigenvalue weighted by atomic mass is 9.71. The highest BCUT2D eigenvalue weighted by Gasteiger charge is 2.29. The molecule has 0 saturated heterocycles. The number of ether oxygens (including phenoxy) is 1. The van der Waals surface area contributed by atoms with Crippen molar-refractivity contribution in [3.63, 3.8) is 0 Å². The molecule has 0 bridgehead atoms. The van der Waals surface area contributed by atoms with E-state index >= 15 is 0 Å². The van der Waals surface area contributed by atoms with Crippen LogP contribution >= 0.6 is 0 Å². The SMILES string of the molecule is CNCC1CC(c2ccc(OC)cc2)C1. The van der Waals surface area contributed by atoms with Crippen LogP contribution in [-0.2, 0) is 0 Å². The first kappa shape index (κ1) is 10.5. The molecule has 1 fully saturated rings. The van der Waals surface area contributed by atoms with E-state index in [2.05, 4.69) is 29.6 Å². The molecule has 0 unspecified atom stereocenters. The zero-order chi connectivity index (χ0) is 10.7. The molecule has 2 heteroatoms. The van der Waals surface area contributed by atoms with Crippen molar-refractivity contribution in [1.82, 2.24) is 5.32 Å². The van der Waals surface area contributed by atoms with E-state index in [-0.39, 0.29) is 0 Å². The second-order valence-electron chi connectivity index (χ2n) is 4.37. The molecule has 0 spiro atoms. The molecule has 2 nitrogen and oxygen atoms in total. The Kier molecular flexibility index (Phi) is 3.27. The Balaban J connectivity index is 1.89. The van der Waals surface area contributed by atoms with Gasteiger partial charge in [0, 0.05) is 0 Å². The van der Waals surface area contributed by atoms with Gasteiger partial charge < -0.3 is 10.1 Å². The van der Waals surface area contributed by atoms with E-state index < -0.39 is 0 Å². The summed E-state index contributed by atoms with van der Waals surface area (Å²) < 4.78 is 5.15. The predicted molar refractivity (Wildman–Crippen MR) is 62.4 cm³/mol. The standard InChI is InChI=1S/C13H19NO/c1-14-9-10-7-12(8-10)11-3-5-13(15-2)6-4-11/h3-6,10,12,14H,7-9H2,1-2H3. The Morgan fingerprint density at radius 3 is 2.47 bits per heavy atom. The fourth-order valence-corrected chi connectivity index (χ4v) is 2.34. The number of rotatable bonds is 4. The molecule has 1 aromatic rings. The van der Waals surface area contributed by atoms with Crippen molar-refractivity contribution < 1.29 is 4.74 Å². The second kappa shape index (κ2) is 4.67. The maximum absolute atomic E-state index is 5.15. The molecule has 0 radical (unpaired) electrons. The van der Waals surface area contributed by atoms with Gasteiger partial charge in [0.05, 0.1) is 7.11 Å². The third kappa shape index (κ3) is 2.32. The van der Waals surface area contributed by atoms with Gasteiger partial charge in [-0.3, -0.25) is 0 Å². The summed E-state index contributed by atoms with van der Waals surface area (Å²) in [5.41, 5.74) is 1.46. The molecule has 0 aromatic heterocycles. The van der Waals surface area contributed by atoms with Crippen LogP contribution < -0.4 is 10.1 Å². The second-order valence-corrected chi connectivity index (χ2v) is 4.37. The first-order chi connectivity index (χ1) is 7.33. The van der Waals surface area contributed by atoms with Gasteiger partial charge in [-0.15, -0.1) is 0 Å². The quantitative estimate of drug-likeness (QED) is 0.815. The van der Waals surface area contributed by atoms with Gasteiger partial charge in [-0.2, -0.15) is 0 Å². The highest BCUT2D eigenvalue weighted by atomic mass is 16.5. The van der Waals surface area contributed by atoms with E-state index in [9.17, 15) is 0 Å². The lowest BCUT2D eigenvalue weighted by Crippen LogP contribution is -2.30. The minimum absolute atomic E-state index is 0.772. The topological polar surface area (TPSA) is 21.3 Å². The average Bonchev–Trinajstić information content (AvgIpc) is 2.23. The fourth-order valence-electron chi connectivity index (χ4n) is 2.34. The van der Waals surface area contributed by atoms with Gasteiger partial charge in [-0.1, -0.05) is 12.1 Å². The van der Waals surface area contributed by atoms with Crippen LogP contribution in [0.3, 0.4) is 0 Å². The number of methoxy groups -OCH3 is 1. The van der Waals surface area contributed by atoms with E-state index in [1.54, 1.807) is 7.11 Å². The van der Waals surface area contributed by atoms with Crippen molar-refractivity contribution in [2.75, 3.05) is 20.7 Å². The van der Waals surface area contributed by atoms with Gasteiger partial charge in [0.15, 0.2) is 0 Å². The summed E-state index contributed by atoms with van der Waals surface area (Å²) in [7, 11) is 3.74. The first-order valence-electron chi connectivity index (χ1n) is 5.62. The van der Waals surface area contributed by atoms with Crippen LogP contribution in [0.5, 0.6) is 5.75 Å². The van der Waals surface area contributed by atoms with E-state index in [1.165, 1.54) is 18.4 Å². The van der Waals surface area contributed by atoms with E-state index in [1.807, 2.05) is 7.05 Å². The van der Waals surface area contributed by atoms with Crippen LogP contribution in [0.1, 0.15) is 24.3 Å². The highest BCUT2D eigenvalue weighted by Crippen LogP contribution is 2.41. The molecule has 82 valence electrons. The molecule has 0 heterocycles. The Labute approximate surface area is 91.6 Å². The fraction of sp³-hybridized carbons (Fsp3) is 0.538. The van der Waals surface area contributed by atoms with Gasteiger partial charge in [0.1, 0.15) is 5.75 Å². The zero-order valence-electron chi connectivity index (χ0n) is 9.49. The minimum Gasteiger partial charge on any atom is -0.497 e. The molecule has 15 heavy (non-hydrogen) atoms. The molecule has 1 aliphatic carbocycles. The van der Waals surface area contributed by atoms with Crippen LogP contribution in [0.15, 0.2) is 24.3 Å². The summed E-state index contributed by atoms with van der Waals surface area (Å²) in [5.74, 6) is 2.60. The van der Waals surface area contributed by atoms with Crippen LogP contribution in [0.4, 0.5) is 0 Å². The molecule has 0 aliphatic heterocycles. The number of nitrogens with one attached hydrogen (secondary N) is 1. The van der Waals surface area contributed by atoms with Crippen LogP contribution in [0.2, 0.25) is 0 Å². The maximum atomic E-state index is 5.15. The summed E-state index contributed by atoms with van der Waals surface area (Å²) in [6, 6.07) is 8.50. The Hall–Kier alpha value is -1.02. The van der Waals surface area contributed by atoms with Gasteiger partial charge >= 0.3 is 0 Å². The predicted octanol–water partition coefficient (Wildman–Crippen LogP) is 2.41. The molecule has 0 atom stereocenters. The van der Waals surface area contributed by atoms with Crippen molar-refractivity contribution in [2.45, 2.75) is 18.8 Å². The molecule has 0 amide bonds. The van der Waals surface area contributed by atoms with E-state index in [4.69, 9.17) is 4.74 Å². The monoisotopic (exact) mass is 205 g/mol. The average molecular weight is 205 g/mol. The normalized spacial score (nSPS) is 24.7. The summed E-state index contributed by atoms with van der Waals surface area (Å²) in [5, 5.41) is 3.24. The first-order valence-corrected chi connectivity index (χ1v) is 5.62. The Morgan fingerprint density at radius 2 is 1.93 bits per heavy atom. The molecule has 1 aromatic carbocycles. The molecule has 1 aliphatic rings. The maximum Gasteiger partial charge on any atom is 0.118 e. The van der Waals surface area contributed by atoms with Gasteiger partial charge in [-0.25, -0.2) is 0 Å². The summed E-state index contributed by atoms with van der Waals surface area (Å²) in [6.07, 6.45) is 2.65. The molecule has 2 rings (SSSR count). The number of benzene rings is 1. The molecular formula is C13H19NO. The van der Waals surface area contributed by atoms with Crippen molar-refractivity contribution in [3.8, 4) is 5.75 Å². The number of hydrogen-bond donors (Lipinski definition) is 1. The largest absolute Gasteiger partial charge is 0.497 e. The summed E-state index contributed by atoms with van der Waals surface area (Å²) >= 11 is 0. The number of hydrogen-bond acceptors (Lipinski definition) is 2. The Morgan fingerprint density at radius 1 is 1.27 bits per heavy atom. The van der Waals surface area contributed by atoms with Crippen molar-refractivity contribution in [1.29, 1.82) is 0 Å². The van der Waals surface area contributed by atoms with Gasteiger partial charge in [0.2, 0.25) is 0 Å². The van der Waals surface area contributed by atoms with E-state index in [0.717, 1.165) is 24.1 Å². The minimum atomic E-state index is 0.772. The highest BCUT2D eigenvalue weighted by molar-refractivity contribution is 5.30. The smallest absolute Gasteiger partial charge is 0.118 e. The van der Waals surface area contributed by atoms with Crippen molar-refractivity contribution >= 4 is 0 Å². The van der Waals surface area contributed by atoms with E-state index in [0.29, 0.717) is 0 Å². The molecular weight excluding hydrogens is 186 g/mol. The zero-order valence-corrected chi connectivity index (χ0v) is 9.49.